The SMILES string of the molecule is CC(C)[C@H](C)NC(=O)N1CCN([C@@H](CCCC#N)Cn2cc(-c3ncnc4[nH]ccc34)cn2)CC1. The summed E-state index contributed by atoms with van der Waals surface area (Å²) in [7, 11) is 0. The zero-order chi connectivity index (χ0) is 24.8. The van der Waals surface area contributed by atoms with Crippen LogP contribution in [0.15, 0.2) is 31.0 Å². The quantitative estimate of drug-likeness (QED) is 0.457. The number of hydrogen-bond donors (Lipinski definition) is 2. The molecule has 4 rings (SSSR count). The first kappa shape index (κ1) is 24.7. The Balaban J connectivity index is 1.41. The van der Waals surface area contributed by atoms with E-state index in [4.69, 9.17) is 5.26 Å². The second-order valence-corrected chi connectivity index (χ2v) is 9.62. The van der Waals surface area contributed by atoms with Gasteiger partial charge in [0.25, 0.3) is 0 Å². The third kappa shape index (κ3) is 5.98. The number of nitrogens with zero attached hydrogens (tertiary/aromatic N) is 7. The van der Waals surface area contributed by atoms with Gasteiger partial charge in [-0.05, 0) is 31.7 Å². The van der Waals surface area contributed by atoms with Crippen molar-refractivity contribution >= 4 is 17.1 Å². The maximum absolute atomic E-state index is 12.6. The molecular formula is C25H35N9O. The van der Waals surface area contributed by atoms with Gasteiger partial charge in [0.1, 0.15) is 12.0 Å². The molecule has 10 nitrogen and oxygen atoms in total. The average molecular weight is 478 g/mol. The molecule has 4 heterocycles. The van der Waals surface area contributed by atoms with Crippen LogP contribution in [0.5, 0.6) is 0 Å². The van der Waals surface area contributed by atoms with Crippen molar-refractivity contribution in [2.75, 3.05) is 26.2 Å². The van der Waals surface area contributed by atoms with Gasteiger partial charge in [-0.25, -0.2) is 14.8 Å². The lowest BCUT2D eigenvalue weighted by Gasteiger charge is -2.39. The zero-order valence-corrected chi connectivity index (χ0v) is 20.8. The second kappa shape index (κ2) is 11.3. The summed E-state index contributed by atoms with van der Waals surface area (Å²) in [5.74, 6) is 0.402. The molecule has 1 aliphatic rings. The van der Waals surface area contributed by atoms with Gasteiger partial charge < -0.3 is 15.2 Å². The molecule has 1 fully saturated rings. The minimum atomic E-state index is 0.0181. The van der Waals surface area contributed by atoms with Crippen molar-refractivity contribution in [2.45, 2.75) is 58.7 Å². The summed E-state index contributed by atoms with van der Waals surface area (Å²) in [6.07, 6.45) is 9.60. The summed E-state index contributed by atoms with van der Waals surface area (Å²) < 4.78 is 1.97. The Kier molecular flexibility index (Phi) is 7.98. The van der Waals surface area contributed by atoms with Crippen molar-refractivity contribution in [3.63, 3.8) is 0 Å². The number of unbranched alkanes of at least 4 members (excludes halogenated alkanes) is 1. The third-order valence-electron chi connectivity index (χ3n) is 6.95. The van der Waals surface area contributed by atoms with Gasteiger partial charge in [0, 0.05) is 68.0 Å². The van der Waals surface area contributed by atoms with Crippen LogP contribution in [0.3, 0.4) is 0 Å². The van der Waals surface area contributed by atoms with Gasteiger partial charge in [-0.1, -0.05) is 13.8 Å². The number of nitriles is 1. The van der Waals surface area contributed by atoms with Crippen LogP contribution in [0.4, 0.5) is 4.79 Å². The number of carbonyl (C=O) groups excluding carboxylic acids is 1. The summed E-state index contributed by atoms with van der Waals surface area (Å²) in [6.45, 7) is 10.0. The predicted molar refractivity (Wildman–Crippen MR) is 134 cm³/mol. The summed E-state index contributed by atoms with van der Waals surface area (Å²) >= 11 is 0. The molecular weight excluding hydrogens is 442 g/mol. The van der Waals surface area contributed by atoms with E-state index in [0.29, 0.717) is 25.4 Å². The highest BCUT2D eigenvalue weighted by molar-refractivity contribution is 5.89. The van der Waals surface area contributed by atoms with Gasteiger partial charge in [-0.3, -0.25) is 9.58 Å². The first-order chi connectivity index (χ1) is 17.0. The minimum absolute atomic E-state index is 0.0181. The minimum Gasteiger partial charge on any atom is -0.346 e. The monoisotopic (exact) mass is 477 g/mol. The average Bonchev–Trinajstić information content (AvgIpc) is 3.53. The predicted octanol–water partition coefficient (Wildman–Crippen LogP) is 3.26. The molecule has 0 aliphatic carbocycles. The van der Waals surface area contributed by atoms with E-state index in [1.807, 2.05) is 41.2 Å². The normalized spacial score (nSPS) is 16.4. The van der Waals surface area contributed by atoms with E-state index in [0.717, 1.165) is 54.8 Å². The zero-order valence-electron chi connectivity index (χ0n) is 20.8. The summed E-state index contributed by atoms with van der Waals surface area (Å²) in [4.78, 5) is 28.8. The standard InChI is InChI=1S/C25H35N9O/c1-18(2)19(3)31-25(35)33-12-10-32(11-13-33)21(6-4-5-8-26)16-34-15-20(14-30-34)23-22-7-9-27-24(22)29-17-28-23/h7,9,14-15,17-19,21H,4-6,10-13,16H2,1-3H3,(H,31,35)(H,27,28,29)/t19-,21-/m0/s1. The molecule has 2 amide bonds. The fourth-order valence-corrected chi connectivity index (χ4v) is 4.45. The van der Waals surface area contributed by atoms with E-state index < -0.39 is 0 Å². The number of fused-ring (bicyclic) bond motifs is 1. The van der Waals surface area contributed by atoms with Crippen LogP contribution in [-0.2, 0) is 6.54 Å². The maximum atomic E-state index is 12.6. The largest absolute Gasteiger partial charge is 0.346 e. The number of carbonyl (C=O) groups is 1. The molecule has 35 heavy (non-hydrogen) atoms. The number of H-pyrrole nitrogens is 1. The van der Waals surface area contributed by atoms with E-state index in [1.54, 1.807) is 6.33 Å². The van der Waals surface area contributed by atoms with E-state index >= 15 is 0 Å². The molecule has 0 saturated carbocycles. The smallest absolute Gasteiger partial charge is 0.317 e. The van der Waals surface area contributed by atoms with Crippen molar-refractivity contribution in [1.29, 1.82) is 5.26 Å². The summed E-state index contributed by atoms with van der Waals surface area (Å²) in [5.41, 5.74) is 2.62. The lowest BCUT2D eigenvalue weighted by atomic mass is 10.1. The molecule has 3 aromatic heterocycles. The number of amides is 2. The van der Waals surface area contributed by atoms with Gasteiger partial charge >= 0.3 is 6.03 Å². The highest BCUT2D eigenvalue weighted by atomic mass is 16.2. The van der Waals surface area contributed by atoms with Crippen LogP contribution < -0.4 is 5.32 Å². The van der Waals surface area contributed by atoms with Crippen molar-refractivity contribution in [3.8, 4) is 17.3 Å². The van der Waals surface area contributed by atoms with Crippen molar-refractivity contribution in [1.82, 2.24) is 39.8 Å². The number of aromatic amines is 1. The fraction of sp³-hybridized carbons (Fsp3) is 0.560. The second-order valence-electron chi connectivity index (χ2n) is 9.62. The molecule has 0 spiro atoms. The molecule has 3 aromatic rings. The third-order valence-corrected chi connectivity index (χ3v) is 6.95. The van der Waals surface area contributed by atoms with Crippen molar-refractivity contribution in [3.05, 3.63) is 31.0 Å². The molecule has 186 valence electrons. The Morgan fingerprint density at radius 2 is 2.03 bits per heavy atom. The Morgan fingerprint density at radius 1 is 1.23 bits per heavy atom. The molecule has 2 atom stereocenters. The molecule has 1 aliphatic heterocycles. The highest BCUT2D eigenvalue weighted by Crippen LogP contribution is 2.24. The van der Waals surface area contributed by atoms with Crippen LogP contribution in [-0.4, -0.2) is 78.8 Å². The van der Waals surface area contributed by atoms with Crippen LogP contribution in [0.1, 0.15) is 40.0 Å². The number of piperazine rings is 1. The molecule has 0 bridgehead atoms. The number of hydrogen-bond acceptors (Lipinski definition) is 6. The van der Waals surface area contributed by atoms with E-state index in [-0.39, 0.29) is 18.1 Å². The fourth-order valence-electron chi connectivity index (χ4n) is 4.45. The van der Waals surface area contributed by atoms with Gasteiger partial charge in [-0.2, -0.15) is 10.4 Å². The topological polar surface area (TPSA) is 119 Å². The molecule has 0 unspecified atom stereocenters. The lowest BCUT2D eigenvalue weighted by Crippen LogP contribution is -2.56. The van der Waals surface area contributed by atoms with E-state index in [1.165, 1.54) is 0 Å². The number of aromatic nitrogens is 5. The Bertz CT molecular complexity index is 1150. The lowest BCUT2D eigenvalue weighted by molar-refractivity contribution is 0.0922. The van der Waals surface area contributed by atoms with E-state index in [2.05, 4.69) is 50.2 Å². The van der Waals surface area contributed by atoms with Crippen molar-refractivity contribution in [2.24, 2.45) is 5.92 Å². The number of rotatable bonds is 9. The van der Waals surface area contributed by atoms with E-state index in [9.17, 15) is 4.79 Å². The molecule has 1 saturated heterocycles. The summed E-state index contributed by atoms with van der Waals surface area (Å²) in [5, 5.41) is 17.7. The van der Waals surface area contributed by atoms with Crippen LogP contribution in [0.2, 0.25) is 0 Å². The van der Waals surface area contributed by atoms with Crippen LogP contribution in [0, 0.1) is 17.2 Å². The van der Waals surface area contributed by atoms with Gasteiger partial charge in [0.2, 0.25) is 0 Å². The summed E-state index contributed by atoms with van der Waals surface area (Å²) in [6, 6.07) is 4.65. The van der Waals surface area contributed by atoms with Crippen LogP contribution >= 0.6 is 0 Å². The molecule has 2 N–H and O–H groups in total. The Hall–Kier alpha value is -3.45. The first-order valence-corrected chi connectivity index (χ1v) is 12.4. The van der Waals surface area contributed by atoms with Gasteiger partial charge in [-0.15, -0.1) is 0 Å². The number of nitrogens with one attached hydrogen (secondary N) is 2. The van der Waals surface area contributed by atoms with Gasteiger partial charge in [0.05, 0.1) is 24.5 Å². The number of urea groups is 1. The Morgan fingerprint density at radius 3 is 2.77 bits per heavy atom. The van der Waals surface area contributed by atoms with Crippen LogP contribution in [0.25, 0.3) is 22.3 Å². The molecule has 10 heteroatoms. The van der Waals surface area contributed by atoms with Gasteiger partial charge in [0.15, 0.2) is 0 Å². The molecule has 0 aromatic carbocycles. The first-order valence-electron chi connectivity index (χ1n) is 12.4. The molecule has 0 radical (unpaired) electrons. The van der Waals surface area contributed by atoms with Crippen molar-refractivity contribution < 1.29 is 4.79 Å². The highest BCUT2D eigenvalue weighted by Gasteiger charge is 2.27. The maximum Gasteiger partial charge on any atom is 0.317 e. The Labute approximate surface area is 206 Å².